The van der Waals surface area contributed by atoms with Gasteiger partial charge in [-0.2, -0.15) is 17.4 Å². The number of ether oxygens (including phenoxy) is 1. The van der Waals surface area contributed by atoms with Gasteiger partial charge in [0.2, 0.25) is 0 Å². The van der Waals surface area contributed by atoms with E-state index in [4.69, 9.17) is 4.74 Å². The highest BCUT2D eigenvalue weighted by atomic mass is 32.2. The van der Waals surface area contributed by atoms with Crippen molar-refractivity contribution in [2.24, 2.45) is 0 Å². The second-order valence-electron chi connectivity index (χ2n) is 6.17. The Labute approximate surface area is 142 Å². The molecule has 0 bridgehead atoms. The van der Waals surface area contributed by atoms with Crippen LogP contribution in [0.4, 0.5) is 10.1 Å². The maximum Gasteiger partial charge on any atom is 0.279 e. The van der Waals surface area contributed by atoms with E-state index in [1.54, 1.807) is 12.1 Å². The van der Waals surface area contributed by atoms with Crippen LogP contribution in [0.3, 0.4) is 0 Å². The molecule has 0 unspecified atom stereocenters. The molecule has 0 aromatic heterocycles. The summed E-state index contributed by atoms with van der Waals surface area (Å²) in [6, 6.07) is 4.89. The molecule has 0 aliphatic carbocycles. The Morgan fingerprint density at radius 2 is 1.79 bits per heavy atom. The first-order chi connectivity index (χ1) is 11.6. The van der Waals surface area contributed by atoms with Crippen molar-refractivity contribution < 1.29 is 17.5 Å². The van der Waals surface area contributed by atoms with E-state index in [-0.39, 0.29) is 12.4 Å². The van der Waals surface area contributed by atoms with E-state index < -0.39 is 10.2 Å². The Balaban J connectivity index is 1.62. The van der Waals surface area contributed by atoms with Crippen LogP contribution in [0.1, 0.15) is 24.8 Å². The van der Waals surface area contributed by atoms with Gasteiger partial charge in [0.05, 0.1) is 18.9 Å². The topological polar surface area (TPSA) is 61.9 Å². The van der Waals surface area contributed by atoms with Crippen LogP contribution >= 0.6 is 0 Å². The van der Waals surface area contributed by atoms with Crippen molar-refractivity contribution in [3.63, 3.8) is 0 Å². The molecule has 2 aliphatic rings. The van der Waals surface area contributed by atoms with E-state index in [9.17, 15) is 12.8 Å². The minimum Gasteiger partial charge on any atom is -0.378 e. The maximum atomic E-state index is 14.3. The van der Waals surface area contributed by atoms with Gasteiger partial charge in [0.15, 0.2) is 0 Å². The molecule has 2 heterocycles. The van der Waals surface area contributed by atoms with Gasteiger partial charge < -0.3 is 9.64 Å². The summed E-state index contributed by atoms with van der Waals surface area (Å²) in [5.74, 6) is -0.327. The number of halogens is 1. The molecule has 1 N–H and O–H groups in total. The molecular formula is C16H24FN3O3S. The first kappa shape index (κ1) is 17.6. The summed E-state index contributed by atoms with van der Waals surface area (Å²) in [5.41, 5.74) is 1.16. The van der Waals surface area contributed by atoms with Crippen LogP contribution in [0, 0.1) is 5.82 Å². The van der Waals surface area contributed by atoms with E-state index in [0.717, 1.165) is 19.3 Å². The Morgan fingerprint density at radius 3 is 2.46 bits per heavy atom. The zero-order valence-electron chi connectivity index (χ0n) is 13.7. The van der Waals surface area contributed by atoms with E-state index in [2.05, 4.69) is 4.72 Å². The fraction of sp³-hybridized carbons (Fsp3) is 0.625. The lowest BCUT2D eigenvalue weighted by molar-refractivity contribution is 0.122. The van der Waals surface area contributed by atoms with Crippen molar-refractivity contribution in [2.75, 3.05) is 44.3 Å². The Morgan fingerprint density at radius 1 is 1.08 bits per heavy atom. The fourth-order valence-corrected chi connectivity index (χ4v) is 4.36. The first-order valence-electron chi connectivity index (χ1n) is 8.42. The van der Waals surface area contributed by atoms with Crippen LogP contribution in [0.25, 0.3) is 0 Å². The summed E-state index contributed by atoms with van der Waals surface area (Å²) in [4.78, 5) is 1.94. The number of anilines is 1. The minimum absolute atomic E-state index is 0.0964. The van der Waals surface area contributed by atoms with Gasteiger partial charge in [-0.25, -0.2) is 4.39 Å². The second-order valence-corrected chi connectivity index (χ2v) is 7.93. The SMILES string of the molecule is O=S(=O)(NCc1ccc(N2CCOCC2)c(F)c1)N1CCCCC1. The van der Waals surface area contributed by atoms with Gasteiger partial charge in [-0.15, -0.1) is 0 Å². The van der Waals surface area contributed by atoms with Crippen LogP contribution in [0.5, 0.6) is 0 Å². The normalized spacial score (nSPS) is 20.3. The summed E-state index contributed by atoms with van der Waals surface area (Å²) < 4.78 is 48.2. The molecule has 1 aromatic rings. The Kier molecular flexibility index (Phi) is 5.70. The quantitative estimate of drug-likeness (QED) is 0.867. The van der Waals surface area contributed by atoms with Crippen molar-refractivity contribution in [3.8, 4) is 0 Å². The molecular weight excluding hydrogens is 333 g/mol. The van der Waals surface area contributed by atoms with Crippen molar-refractivity contribution in [2.45, 2.75) is 25.8 Å². The van der Waals surface area contributed by atoms with Crippen LogP contribution in [-0.4, -0.2) is 52.1 Å². The van der Waals surface area contributed by atoms with E-state index in [0.29, 0.717) is 50.6 Å². The number of morpholine rings is 1. The molecule has 6 nitrogen and oxygen atoms in total. The highest BCUT2D eigenvalue weighted by Gasteiger charge is 2.23. The number of nitrogens with one attached hydrogen (secondary N) is 1. The predicted molar refractivity (Wildman–Crippen MR) is 90.6 cm³/mol. The third-order valence-corrected chi connectivity index (χ3v) is 6.03. The number of hydrogen-bond acceptors (Lipinski definition) is 4. The monoisotopic (exact) mass is 357 g/mol. The summed E-state index contributed by atoms with van der Waals surface area (Å²) in [7, 11) is -3.49. The van der Waals surface area contributed by atoms with Crippen molar-refractivity contribution in [1.82, 2.24) is 9.03 Å². The van der Waals surface area contributed by atoms with Crippen LogP contribution < -0.4 is 9.62 Å². The lowest BCUT2D eigenvalue weighted by Gasteiger charge is -2.29. The lowest BCUT2D eigenvalue weighted by Crippen LogP contribution is -2.43. The van der Waals surface area contributed by atoms with Gasteiger partial charge in [-0.3, -0.25) is 0 Å². The Hall–Kier alpha value is -1.22. The molecule has 0 radical (unpaired) electrons. The number of rotatable bonds is 5. The summed E-state index contributed by atoms with van der Waals surface area (Å²) >= 11 is 0. The highest BCUT2D eigenvalue weighted by Crippen LogP contribution is 2.22. The van der Waals surface area contributed by atoms with Crippen molar-refractivity contribution >= 4 is 15.9 Å². The lowest BCUT2D eigenvalue weighted by atomic mass is 10.2. The van der Waals surface area contributed by atoms with Crippen molar-refractivity contribution in [1.29, 1.82) is 0 Å². The number of nitrogens with zero attached hydrogens (tertiary/aromatic N) is 2. The highest BCUT2D eigenvalue weighted by molar-refractivity contribution is 7.87. The van der Waals surface area contributed by atoms with Crippen LogP contribution in [0.15, 0.2) is 18.2 Å². The summed E-state index contributed by atoms with van der Waals surface area (Å²) in [6.07, 6.45) is 2.85. The van der Waals surface area contributed by atoms with E-state index >= 15 is 0 Å². The fourth-order valence-electron chi connectivity index (χ4n) is 3.09. The van der Waals surface area contributed by atoms with E-state index in [1.807, 2.05) is 4.90 Å². The van der Waals surface area contributed by atoms with Gasteiger partial charge in [0, 0.05) is 32.7 Å². The maximum absolute atomic E-state index is 14.3. The smallest absolute Gasteiger partial charge is 0.279 e. The van der Waals surface area contributed by atoms with Gasteiger partial charge in [0.1, 0.15) is 5.82 Å². The zero-order chi connectivity index (χ0) is 17.0. The van der Waals surface area contributed by atoms with Crippen LogP contribution in [-0.2, 0) is 21.5 Å². The number of piperidine rings is 1. The molecule has 0 atom stereocenters. The summed E-state index contributed by atoms with van der Waals surface area (Å²) in [6.45, 7) is 3.72. The molecule has 0 spiro atoms. The minimum atomic E-state index is -3.49. The van der Waals surface area contributed by atoms with Gasteiger partial charge >= 0.3 is 0 Å². The molecule has 1 aromatic carbocycles. The average Bonchev–Trinajstić information content (AvgIpc) is 2.62. The van der Waals surface area contributed by atoms with Gasteiger partial charge in [0.25, 0.3) is 10.2 Å². The van der Waals surface area contributed by atoms with E-state index in [1.165, 1.54) is 10.4 Å². The molecule has 2 saturated heterocycles. The zero-order valence-corrected chi connectivity index (χ0v) is 14.5. The largest absolute Gasteiger partial charge is 0.378 e. The molecule has 0 amide bonds. The predicted octanol–water partition coefficient (Wildman–Crippen LogP) is 1.48. The molecule has 24 heavy (non-hydrogen) atoms. The van der Waals surface area contributed by atoms with Gasteiger partial charge in [-0.05, 0) is 30.5 Å². The summed E-state index contributed by atoms with van der Waals surface area (Å²) in [5, 5.41) is 0. The molecule has 3 rings (SSSR count). The van der Waals surface area contributed by atoms with Crippen LogP contribution in [0.2, 0.25) is 0 Å². The third-order valence-electron chi connectivity index (χ3n) is 4.48. The van der Waals surface area contributed by atoms with Crippen molar-refractivity contribution in [3.05, 3.63) is 29.6 Å². The molecule has 134 valence electrons. The molecule has 8 heteroatoms. The molecule has 2 aliphatic heterocycles. The third kappa shape index (κ3) is 4.24. The number of benzene rings is 1. The number of hydrogen-bond donors (Lipinski definition) is 1. The molecule has 2 fully saturated rings. The second kappa shape index (κ2) is 7.77. The Bertz CT molecular complexity index is 657. The van der Waals surface area contributed by atoms with Gasteiger partial charge in [-0.1, -0.05) is 12.5 Å². The molecule has 0 saturated carbocycles. The first-order valence-corrected chi connectivity index (χ1v) is 9.86. The average molecular weight is 357 g/mol. The standard InChI is InChI=1S/C16H24FN3O3S/c17-15-12-14(4-5-16(15)19-8-10-23-11-9-19)13-18-24(21,22)20-6-2-1-3-7-20/h4-5,12,18H,1-3,6-11,13H2.